The summed E-state index contributed by atoms with van der Waals surface area (Å²) in [6.45, 7) is 0. The van der Waals surface area contributed by atoms with Gasteiger partial charge < -0.3 is 15.1 Å². The lowest BCUT2D eigenvalue weighted by Crippen LogP contribution is -2.46. The highest BCUT2D eigenvalue weighted by Gasteiger charge is 2.43. The van der Waals surface area contributed by atoms with Gasteiger partial charge in [-0.15, -0.1) is 0 Å². The van der Waals surface area contributed by atoms with E-state index in [2.05, 4.69) is 5.10 Å². The van der Waals surface area contributed by atoms with Gasteiger partial charge >= 0.3 is 0 Å². The maximum absolute atomic E-state index is 12.4. The molecule has 2 atom stereocenters. The Kier molecular flexibility index (Phi) is 3.06. The Hall–Kier alpha value is -1.40. The molecule has 3 rings (SSSR count). The number of aryl methyl sites for hydroxylation is 1. The SMILES string of the molecule is Cn1cc(C2CCC(O)N2C(=O)C2CC(O)C2)cn1. The Balaban J connectivity index is 1.78. The molecule has 2 unspecified atom stereocenters. The number of carbonyl (C=O) groups excluding carboxylic acids is 1. The van der Waals surface area contributed by atoms with Gasteiger partial charge in [0.25, 0.3) is 0 Å². The van der Waals surface area contributed by atoms with E-state index in [9.17, 15) is 15.0 Å². The molecule has 2 fully saturated rings. The number of aliphatic hydroxyl groups is 2. The predicted octanol–water partition coefficient (Wildman–Crippen LogP) is 0.173. The maximum atomic E-state index is 12.4. The van der Waals surface area contributed by atoms with Crippen molar-refractivity contribution in [3.8, 4) is 0 Å². The minimum atomic E-state index is -0.713. The summed E-state index contributed by atoms with van der Waals surface area (Å²) in [5, 5.41) is 23.5. The van der Waals surface area contributed by atoms with Crippen molar-refractivity contribution in [3.63, 3.8) is 0 Å². The van der Waals surface area contributed by atoms with Crippen molar-refractivity contribution < 1.29 is 15.0 Å². The van der Waals surface area contributed by atoms with Crippen LogP contribution in [0.25, 0.3) is 0 Å². The Labute approximate surface area is 111 Å². The molecule has 1 saturated carbocycles. The van der Waals surface area contributed by atoms with E-state index in [-0.39, 0.29) is 24.0 Å². The van der Waals surface area contributed by atoms with Crippen LogP contribution in [-0.2, 0) is 11.8 Å². The van der Waals surface area contributed by atoms with Crippen molar-refractivity contribution in [2.75, 3.05) is 0 Å². The standard InChI is InChI=1S/C13H19N3O3/c1-15-7-9(6-14-15)11-2-3-12(18)16(11)13(19)8-4-10(17)5-8/h6-8,10-12,17-18H,2-5H2,1H3. The van der Waals surface area contributed by atoms with Crippen LogP contribution in [0.3, 0.4) is 0 Å². The van der Waals surface area contributed by atoms with E-state index in [1.165, 1.54) is 0 Å². The molecule has 0 radical (unpaired) electrons. The van der Waals surface area contributed by atoms with Gasteiger partial charge in [-0.2, -0.15) is 5.10 Å². The molecule has 0 bridgehead atoms. The molecule has 2 N–H and O–H groups in total. The minimum Gasteiger partial charge on any atom is -0.393 e. The molecule has 2 aliphatic rings. The monoisotopic (exact) mass is 265 g/mol. The first-order valence-electron chi connectivity index (χ1n) is 6.73. The quantitative estimate of drug-likeness (QED) is 0.799. The third-order valence-electron chi connectivity index (χ3n) is 4.18. The van der Waals surface area contributed by atoms with E-state index >= 15 is 0 Å². The summed E-state index contributed by atoms with van der Waals surface area (Å²) in [6.07, 6.45) is 4.95. The number of carbonyl (C=O) groups is 1. The highest BCUT2D eigenvalue weighted by Crippen LogP contribution is 2.39. The van der Waals surface area contributed by atoms with Gasteiger partial charge in [-0.25, -0.2) is 0 Å². The number of hydrogen-bond donors (Lipinski definition) is 2. The second kappa shape index (κ2) is 4.61. The highest BCUT2D eigenvalue weighted by atomic mass is 16.3. The van der Waals surface area contributed by atoms with Crippen molar-refractivity contribution >= 4 is 5.91 Å². The summed E-state index contributed by atoms with van der Waals surface area (Å²) in [5.74, 6) is -0.175. The van der Waals surface area contributed by atoms with E-state index in [0.29, 0.717) is 19.3 Å². The second-order valence-electron chi connectivity index (χ2n) is 5.59. The first-order chi connectivity index (χ1) is 9.06. The van der Waals surface area contributed by atoms with E-state index in [4.69, 9.17) is 0 Å². The van der Waals surface area contributed by atoms with Crippen LogP contribution in [0.15, 0.2) is 12.4 Å². The Morgan fingerprint density at radius 1 is 1.37 bits per heavy atom. The molecule has 1 aliphatic carbocycles. The number of rotatable bonds is 2. The van der Waals surface area contributed by atoms with Gasteiger partial charge in [0.05, 0.1) is 18.3 Å². The van der Waals surface area contributed by atoms with Crippen molar-refractivity contribution in [2.45, 2.75) is 44.1 Å². The Bertz CT molecular complexity index is 481. The van der Waals surface area contributed by atoms with Gasteiger partial charge in [-0.1, -0.05) is 0 Å². The summed E-state index contributed by atoms with van der Waals surface area (Å²) < 4.78 is 1.70. The van der Waals surface area contributed by atoms with E-state index in [0.717, 1.165) is 12.0 Å². The zero-order valence-electron chi connectivity index (χ0n) is 10.9. The Morgan fingerprint density at radius 2 is 2.11 bits per heavy atom. The summed E-state index contributed by atoms with van der Waals surface area (Å²) in [7, 11) is 1.84. The molecule has 0 spiro atoms. The zero-order valence-corrected chi connectivity index (χ0v) is 10.9. The lowest BCUT2D eigenvalue weighted by molar-refractivity contribution is -0.152. The summed E-state index contributed by atoms with van der Waals surface area (Å²) in [5.41, 5.74) is 0.965. The number of aromatic nitrogens is 2. The molecule has 6 nitrogen and oxygen atoms in total. The fourth-order valence-electron chi connectivity index (χ4n) is 3.03. The van der Waals surface area contributed by atoms with Crippen molar-refractivity contribution in [2.24, 2.45) is 13.0 Å². The minimum absolute atomic E-state index is 0.0378. The van der Waals surface area contributed by atoms with Crippen LogP contribution in [0.1, 0.15) is 37.3 Å². The van der Waals surface area contributed by atoms with Gasteiger partial charge in [-0.3, -0.25) is 9.48 Å². The average Bonchev–Trinajstić information content (AvgIpc) is 2.90. The molecule has 1 amide bonds. The smallest absolute Gasteiger partial charge is 0.228 e. The van der Waals surface area contributed by atoms with Crippen molar-refractivity contribution in [1.29, 1.82) is 0 Å². The van der Waals surface area contributed by atoms with Crippen LogP contribution in [0, 0.1) is 5.92 Å². The maximum Gasteiger partial charge on any atom is 0.228 e. The number of hydrogen-bond acceptors (Lipinski definition) is 4. The van der Waals surface area contributed by atoms with Gasteiger partial charge in [0, 0.05) is 24.7 Å². The highest BCUT2D eigenvalue weighted by molar-refractivity contribution is 5.80. The molecule has 6 heteroatoms. The van der Waals surface area contributed by atoms with Gasteiger partial charge in [0.2, 0.25) is 5.91 Å². The molecule has 1 aliphatic heterocycles. The molecule has 104 valence electrons. The fourth-order valence-corrected chi connectivity index (χ4v) is 3.03. The van der Waals surface area contributed by atoms with Gasteiger partial charge in [0.1, 0.15) is 6.23 Å². The number of nitrogens with zero attached hydrogens (tertiary/aromatic N) is 3. The second-order valence-corrected chi connectivity index (χ2v) is 5.59. The third-order valence-corrected chi connectivity index (χ3v) is 4.18. The van der Waals surface area contributed by atoms with Crippen LogP contribution >= 0.6 is 0 Å². The predicted molar refractivity (Wildman–Crippen MR) is 66.8 cm³/mol. The Morgan fingerprint density at radius 3 is 2.68 bits per heavy atom. The van der Waals surface area contributed by atoms with Crippen molar-refractivity contribution in [3.05, 3.63) is 18.0 Å². The lowest BCUT2D eigenvalue weighted by atomic mass is 9.81. The summed E-state index contributed by atoms with van der Waals surface area (Å²) in [4.78, 5) is 14.0. The van der Waals surface area contributed by atoms with Crippen LogP contribution < -0.4 is 0 Å². The van der Waals surface area contributed by atoms with Crippen molar-refractivity contribution in [1.82, 2.24) is 14.7 Å². The van der Waals surface area contributed by atoms with E-state index < -0.39 is 6.23 Å². The topological polar surface area (TPSA) is 78.6 Å². The van der Waals surface area contributed by atoms with Gasteiger partial charge in [0.15, 0.2) is 0 Å². The van der Waals surface area contributed by atoms with E-state index in [1.807, 2.05) is 13.2 Å². The molecule has 1 aromatic heterocycles. The number of amides is 1. The summed E-state index contributed by atoms with van der Waals surface area (Å²) >= 11 is 0. The summed E-state index contributed by atoms with van der Waals surface area (Å²) in [6, 6.07) is -0.0889. The normalized spacial score (nSPS) is 34.4. The molecular formula is C13H19N3O3. The van der Waals surface area contributed by atoms with Gasteiger partial charge in [-0.05, 0) is 25.7 Å². The van der Waals surface area contributed by atoms with E-state index in [1.54, 1.807) is 15.8 Å². The third kappa shape index (κ3) is 2.15. The average molecular weight is 265 g/mol. The zero-order chi connectivity index (χ0) is 13.6. The number of aliphatic hydroxyl groups excluding tert-OH is 2. The molecule has 2 heterocycles. The molecule has 1 saturated heterocycles. The van der Waals surface area contributed by atoms with Crippen LogP contribution in [0.4, 0.5) is 0 Å². The first-order valence-corrected chi connectivity index (χ1v) is 6.73. The molecule has 0 aromatic carbocycles. The largest absolute Gasteiger partial charge is 0.393 e. The lowest BCUT2D eigenvalue weighted by Gasteiger charge is -2.36. The molecule has 19 heavy (non-hydrogen) atoms. The van der Waals surface area contributed by atoms with Crippen LogP contribution in [-0.4, -0.2) is 43.1 Å². The molecular weight excluding hydrogens is 246 g/mol. The van der Waals surface area contributed by atoms with Crippen LogP contribution in [0.2, 0.25) is 0 Å². The molecule has 1 aromatic rings. The number of likely N-dealkylation sites (tertiary alicyclic amines) is 1. The first kappa shape index (κ1) is 12.6. The van der Waals surface area contributed by atoms with Crippen LogP contribution in [0.5, 0.6) is 0 Å². The fraction of sp³-hybridized carbons (Fsp3) is 0.692.